The van der Waals surface area contributed by atoms with Crippen LogP contribution in [0.4, 0.5) is 0 Å². The van der Waals surface area contributed by atoms with Crippen LogP contribution < -0.4 is 18.9 Å². The van der Waals surface area contributed by atoms with Crippen molar-refractivity contribution >= 4 is 56.9 Å². The molecular formula is C24H30ClIO6. The fraction of sp³-hybridized carbons (Fsp3) is 0.500. The summed E-state index contributed by atoms with van der Waals surface area (Å²) in [7, 11) is 2.89. The van der Waals surface area contributed by atoms with Crippen LogP contribution in [-0.2, 0) is 9.59 Å². The Hall–Kier alpha value is -1.74. The van der Waals surface area contributed by atoms with Gasteiger partial charge in [-0.25, -0.2) is 0 Å². The number of hydrogen-bond donors (Lipinski definition) is 0. The minimum absolute atomic E-state index is 0.177. The zero-order chi connectivity index (χ0) is 23.5. The molecule has 0 bridgehead atoms. The topological polar surface area (TPSA) is 71.1 Å². The molecule has 2 rings (SSSR count). The van der Waals surface area contributed by atoms with Crippen LogP contribution in [0, 0.1) is 0 Å². The highest BCUT2D eigenvalue weighted by Gasteiger charge is 2.27. The van der Waals surface area contributed by atoms with Crippen molar-refractivity contribution in [3.05, 3.63) is 23.2 Å². The van der Waals surface area contributed by atoms with Crippen LogP contribution in [0.3, 0.4) is 0 Å². The molecule has 0 atom stereocenters. The van der Waals surface area contributed by atoms with Crippen LogP contribution in [0.5, 0.6) is 23.0 Å². The number of benzene rings is 2. The Balaban J connectivity index is 2.44. The standard InChI is InChI=1S/C24H30ClIO6/c1-4-5-6-7-8-10-19(27)31-21-17-13-12-16(25)15-18(17)22(24(30-3)23(21)29-2)32-20(28)11-9-14-26/h12-13,15H,4-11,14H2,1-3H3. The Labute approximate surface area is 208 Å². The average molecular weight is 577 g/mol. The Morgan fingerprint density at radius 1 is 0.812 bits per heavy atom. The van der Waals surface area contributed by atoms with E-state index in [0.29, 0.717) is 28.6 Å². The Kier molecular flexibility index (Phi) is 11.4. The molecule has 0 heterocycles. The number of esters is 2. The van der Waals surface area contributed by atoms with Crippen LogP contribution in [0.15, 0.2) is 18.2 Å². The number of methoxy groups -OCH3 is 2. The third kappa shape index (κ3) is 7.13. The summed E-state index contributed by atoms with van der Waals surface area (Å²) in [6, 6.07) is 5.05. The van der Waals surface area contributed by atoms with Gasteiger partial charge in [0.15, 0.2) is 11.5 Å². The zero-order valence-corrected chi connectivity index (χ0v) is 21.7. The van der Waals surface area contributed by atoms with Crippen molar-refractivity contribution in [2.45, 2.75) is 58.3 Å². The minimum Gasteiger partial charge on any atom is -0.490 e. The quantitative estimate of drug-likeness (QED) is 0.0850. The molecule has 0 radical (unpaired) electrons. The first-order chi connectivity index (χ1) is 15.5. The summed E-state index contributed by atoms with van der Waals surface area (Å²) in [6.45, 7) is 2.15. The highest BCUT2D eigenvalue weighted by molar-refractivity contribution is 14.1. The first-order valence-electron chi connectivity index (χ1n) is 10.8. The van der Waals surface area contributed by atoms with E-state index in [0.717, 1.165) is 36.5 Å². The smallest absolute Gasteiger partial charge is 0.311 e. The van der Waals surface area contributed by atoms with Gasteiger partial charge in [0.25, 0.3) is 0 Å². The average Bonchev–Trinajstić information content (AvgIpc) is 2.78. The van der Waals surface area contributed by atoms with Gasteiger partial charge in [0.2, 0.25) is 11.5 Å². The molecular weight excluding hydrogens is 547 g/mol. The number of hydrogen-bond acceptors (Lipinski definition) is 6. The maximum atomic E-state index is 12.6. The molecule has 0 aromatic heterocycles. The summed E-state index contributed by atoms with van der Waals surface area (Å²) in [4.78, 5) is 25.0. The van der Waals surface area contributed by atoms with E-state index in [1.165, 1.54) is 14.2 Å². The predicted molar refractivity (Wildman–Crippen MR) is 135 cm³/mol. The molecule has 32 heavy (non-hydrogen) atoms. The maximum absolute atomic E-state index is 12.6. The van der Waals surface area contributed by atoms with Crippen molar-refractivity contribution in [1.29, 1.82) is 0 Å². The van der Waals surface area contributed by atoms with Gasteiger partial charge in [0, 0.05) is 33.1 Å². The molecule has 0 fully saturated rings. The second kappa shape index (κ2) is 13.7. The lowest BCUT2D eigenvalue weighted by Crippen LogP contribution is -2.12. The largest absolute Gasteiger partial charge is 0.490 e. The van der Waals surface area contributed by atoms with Crippen molar-refractivity contribution in [3.63, 3.8) is 0 Å². The van der Waals surface area contributed by atoms with Gasteiger partial charge in [-0.3, -0.25) is 9.59 Å². The van der Waals surface area contributed by atoms with Crippen molar-refractivity contribution in [2.75, 3.05) is 18.6 Å². The number of rotatable bonds is 13. The van der Waals surface area contributed by atoms with Crippen LogP contribution >= 0.6 is 34.2 Å². The van der Waals surface area contributed by atoms with Crippen LogP contribution in [-0.4, -0.2) is 30.6 Å². The van der Waals surface area contributed by atoms with Gasteiger partial charge >= 0.3 is 11.9 Å². The van der Waals surface area contributed by atoms with Gasteiger partial charge in [-0.15, -0.1) is 0 Å². The first-order valence-corrected chi connectivity index (χ1v) is 12.7. The monoisotopic (exact) mass is 576 g/mol. The SMILES string of the molecule is CCCCCCCC(=O)Oc1c(OC)c(OC)c(OC(=O)CCCI)c2cc(Cl)ccc12. The fourth-order valence-corrected chi connectivity index (χ4v) is 3.89. The number of alkyl halides is 1. The fourth-order valence-electron chi connectivity index (χ4n) is 3.34. The lowest BCUT2D eigenvalue weighted by atomic mass is 10.1. The van der Waals surface area contributed by atoms with Crippen molar-refractivity contribution in [2.24, 2.45) is 0 Å². The number of halogens is 2. The zero-order valence-electron chi connectivity index (χ0n) is 18.8. The molecule has 8 heteroatoms. The first kappa shape index (κ1) is 26.5. The minimum atomic E-state index is -0.389. The maximum Gasteiger partial charge on any atom is 0.311 e. The second-order valence-electron chi connectivity index (χ2n) is 7.32. The molecule has 176 valence electrons. The molecule has 0 N–H and O–H groups in total. The summed E-state index contributed by atoms with van der Waals surface area (Å²) in [5.74, 6) is 0.0421. The van der Waals surface area contributed by atoms with E-state index in [4.69, 9.17) is 30.5 Å². The molecule has 0 spiro atoms. The van der Waals surface area contributed by atoms with Crippen LogP contribution in [0.1, 0.15) is 58.3 Å². The third-order valence-corrected chi connectivity index (χ3v) is 5.93. The highest BCUT2D eigenvalue weighted by atomic mass is 127. The highest BCUT2D eigenvalue weighted by Crippen LogP contribution is 2.51. The normalized spacial score (nSPS) is 10.8. The second-order valence-corrected chi connectivity index (χ2v) is 8.83. The molecule has 6 nitrogen and oxygen atoms in total. The van der Waals surface area contributed by atoms with Crippen molar-refractivity contribution in [3.8, 4) is 23.0 Å². The molecule has 0 saturated carbocycles. The molecule has 2 aromatic rings. The van der Waals surface area contributed by atoms with E-state index in [9.17, 15) is 9.59 Å². The van der Waals surface area contributed by atoms with E-state index < -0.39 is 0 Å². The molecule has 0 aliphatic carbocycles. The number of fused-ring (bicyclic) bond motifs is 1. The van der Waals surface area contributed by atoms with E-state index in [1.54, 1.807) is 18.2 Å². The summed E-state index contributed by atoms with van der Waals surface area (Å²) < 4.78 is 23.3. The van der Waals surface area contributed by atoms with Crippen molar-refractivity contribution in [1.82, 2.24) is 0 Å². The number of carbonyl (C=O) groups excluding carboxylic acids is 2. The Bertz CT molecular complexity index is 931. The van der Waals surface area contributed by atoms with Crippen LogP contribution in [0.2, 0.25) is 5.02 Å². The van der Waals surface area contributed by atoms with Gasteiger partial charge in [-0.1, -0.05) is 66.8 Å². The molecule has 0 aliphatic rings. The summed E-state index contributed by atoms with van der Waals surface area (Å²) in [6.07, 6.45) is 6.41. The summed E-state index contributed by atoms with van der Waals surface area (Å²) in [5.41, 5.74) is 0. The van der Waals surface area contributed by atoms with Gasteiger partial charge in [0.05, 0.1) is 14.2 Å². The van der Waals surface area contributed by atoms with E-state index >= 15 is 0 Å². The molecule has 2 aromatic carbocycles. The Morgan fingerprint density at radius 2 is 1.38 bits per heavy atom. The number of ether oxygens (including phenoxy) is 4. The number of carbonyl (C=O) groups is 2. The predicted octanol–water partition coefficient (Wildman–Crippen LogP) is 6.90. The lowest BCUT2D eigenvalue weighted by molar-refractivity contribution is -0.135. The summed E-state index contributed by atoms with van der Waals surface area (Å²) >= 11 is 8.44. The number of unbranched alkanes of at least 4 members (excludes halogenated alkanes) is 4. The molecule has 0 aliphatic heterocycles. The van der Waals surface area contributed by atoms with Crippen molar-refractivity contribution < 1.29 is 28.5 Å². The molecule has 0 amide bonds. The van der Waals surface area contributed by atoms with E-state index in [1.807, 2.05) is 0 Å². The summed E-state index contributed by atoms with van der Waals surface area (Å²) in [5, 5.41) is 1.49. The van der Waals surface area contributed by atoms with Gasteiger partial charge < -0.3 is 18.9 Å². The third-order valence-electron chi connectivity index (χ3n) is 4.93. The Morgan fingerprint density at radius 3 is 1.94 bits per heavy atom. The lowest BCUT2D eigenvalue weighted by Gasteiger charge is -2.19. The van der Waals surface area contributed by atoms with Gasteiger partial charge in [-0.2, -0.15) is 0 Å². The molecule has 0 unspecified atom stereocenters. The van der Waals surface area contributed by atoms with Crippen LogP contribution in [0.25, 0.3) is 10.8 Å². The van der Waals surface area contributed by atoms with E-state index in [-0.39, 0.29) is 41.4 Å². The van der Waals surface area contributed by atoms with Gasteiger partial charge in [0.1, 0.15) is 0 Å². The van der Waals surface area contributed by atoms with E-state index in [2.05, 4.69) is 29.5 Å². The van der Waals surface area contributed by atoms with Gasteiger partial charge in [-0.05, 0) is 31.0 Å². The molecule has 0 saturated heterocycles.